The fourth-order valence-corrected chi connectivity index (χ4v) is 2.70. The van der Waals surface area contributed by atoms with Gasteiger partial charge in [0.05, 0.1) is 12.1 Å². The highest BCUT2D eigenvalue weighted by Gasteiger charge is 2.37. The molecule has 0 spiro atoms. The molecule has 0 atom stereocenters. The molecule has 1 aromatic carbocycles. The van der Waals surface area contributed by atoms with Crippen LogP contribution in [-0.2, 0) is 22.3 Å². The Hall–Kier alpha value is -2.76. The predicted octanol–water partition coefficient (Wildman–Crippen LogP) is 3.84. The van der Waals surface area contributed by atoms with Gasteiger partial charge in [0.2, 0.25) is 5.91 Å². The van der Waals surface area contributed by atoms with E-state index in [1.807, 2.05) is 0 Å². The Labute approximate surface area is 155 Å². The fourth-order valence-electron chi connectivity index (χ4n) is 2.70. The van der Waals surface area contributed by atoms with Crippen LogP contribution in [0.1, 0.15) is 31.9 Å². The molecule has 1 aliphatic rings. The zero-order valence-electron chi connectivity index (χ0n) is 15.3. The first kappa shape index (κ1) is 20.6. The summed E-state index contributed by atoms with van der Waals surface area (Å²) in [4.78, 5) is 29.8. The van der Waals surface area contributed by atoms with Gasteiger partial charge < -0.3 is 9.64 Å². The number of piperazine rings is 1. The summed E-state index contributed by atoms with van der Waals surface area (Å²) in [6.07, 6.45) is -5.33. The average molecular weight is 383 g/mol. The van der Waals surface area contributed by atoms with Crippen LogP contribution in [0.2, 0.25) is 0 Å². The van der Waals surface area contributed by atoms with Gasteiger partial charge >= 0.3 is 12.3 Å². The highest BCUT2D eigenvalue weighted by atomic mass is 19.4. The first-order valence-electron chi connectivity index (χ1n) is 8.24. The maximum Gasteiger partial charge on any atom is 0.410 e. The second kappa shape index (κ2) is 7.47. The Morgan fingerprint density at radius 1 is 1.26 bits per heavy atom. The first-order chi connectivity index (χ1) is 12.4. The predicted molar refractivity (Wildman–Crippen MR) is 90.9 cm³/mol. The number of hydrogen-bond acceptors (Lipinski definition) is 3. The van der Waals surface area contributed by atoms with E-state index in [-0.39, 0.29) is 31.7 Å². The Morgan fingerprint density at radius 3 is 2.44 bits per heavy atom. The topological polar surface area (TPSA) is 54.2 Å². The van der Waals surface area contributed by atoms with Crippen molar-refractivity contribution in [1.82, 2.24) is 9.80 Å². The van der Waals surface area contributed by atoms with E-state index in [0.29, 0.717) is 0 Å². The zero-order chi connectivity index (χ0) is 20.4. The van der Waals surface area contributed by atoms with Crippen LogP contribution in [0.15, 0.2) is 18.2 Å². The van der Waals surface area contributed by atoms with Crippen molar-refractivity contribution in [2.45, 2.75) is 39.1 Å². The number of benzene rings is 1. The van der Waals surface area contributed by atoms with Gasteiger partial charge in [-0.1, -0.05) is 18.2 Å². The van der Waals surface area contributed by atoms with Crippen LogP contribution < -0.4 is 0 Å². The van der Waals surface area contributed by atoms with Crippen molar-refractivity contribution in [2.24, 2.45) is 0 Å². The minimum absolute atomic E-state index is 0.0810. The standard InChI is InChI=1S/C18H20F3N3O3/c1-17(2,3)27-16(26)24-9-8-23(14(25)11-24)10-12-6-5-7-13(22-4)15(12)18(19,20)21/h5-7H,8-11H2,1-3H3. The molecule has 0 N–H and O–H groups in total. The van der Waals surface area contributed by atoms with E-state index in [2.05, 4.69) is 4.85 Å². The van der Waals surface area contributed by atoms with E-state index in [1.54, 1.807) is 20.8 Å². The molecule has 0 saturated carbocycles. The average Bonchev–Trinajstić information content (AvgIpc) is 2.53. The summed E-state index contributed by atoms with van der Waals surface area (Å²) in [6.45, 7) is 11.7. The Bertz CT molecular complexity index is 779. The van der Waals surface area contributed by atoms with Crippen molar-refractivity contribution in [3.8, 4) is 0 Å². The van der Waals surface area contributed by atoms with Gasteiger partial charge in [-0.15, -0.1) is 0 Å². The smallest absolute Gasteiger partial charge is 0.410 e. The summed E-state index contributed by atoms with van der Waals surface area (Å²) < 4.78 is 45.3. The SMILES string of the molecule is [C-]#[N+]c1cccc(CN2CCN(C(=O)OC(C)(C)C)CC2=O)c1C(F)(F)F. The van der Waals surface area contributed by atoms with E-state index in [9.17, 15) is 22.8 Å². The van der Waals surface area contributed by atoms with Gasteiger partial charge in [-0.25, -0.2) is 9.64 Å². The van der Waals surface area contributed by atoms with Crippen LogP contribution in [-0.4, -0.2) is 47.0 Å². The summed E-state index contributed by atoms with van der Waals surface area (Å²) in [6, 6.07) is 3.71. The largest absolute Gasteiger partial charge is 0.444 e. The lowest BCUT2D eigenvalue weighted by Gasteiger charge is -2.35. The molecule has 1 aliphatic heterocycles. The van der Waals surface area contributed by atoms with Crippen molar-refractivity contribution in [2.75, 3.05) is 19.6 Å². The van der Waals surface area contributed by atoms with Crippen LogP contribution in [0.4, 0.5) is 23.7 Å². The third-order valence-corrected chi connectivity index (χ3v) is 3.86. The number of carbonyl (C=O) groups excluding carboxylic acids is 2. The van der Waals surface area contributed by atoms with Crippen molar-refractivity contribution in [1.29, 1.82) is 0 Å². The van der Waals surface area contributed by atoms with Crippen LogP contribution in [0.5, 0.6) is 0 Å². The number of halogens is 3. The molecular weight excluding hydrogens is 363 g/mol. The minimum Gasteiger partial charge on any atom is -0.444 e. The zero-order valence-corrected chi connectivity index (χ0v) is 15.3. The lowest BCUT2D eigenvalue weighted by atomic mass is 10.0. The van der Waals surface area contributed by atoms with Crippen molar-refractivity contribution >= 4 is 17.7 Å². The summed E-state index contributed by atoms with van der Waals surface area (Å²) in [7, 11) is 0. The summed E-state index contributed by atoms with van der Waals surface area (Å²) >= 11 is 0. The number of ether oxygens (including phenoxy) is 1. The third-order valence-electron chi connectivity index (χ3n) is 3.86. The quantitative estimate of drug-likeness (QED) is 0.730. The molecule has 146 valence electrons. The van der Waals surface area contributed by atoms with Crippen molar-refractivity contribution in [3.05, 3.63) is 40.7 Å². The molecule has 1 heterocycles. The number of alkyl halides is 3. The minimum atomic E-state index is -4.70. The first-order valence-corrected chi connectivity index (χ1v) is 8.24. The number of nitrogens with zero attached hydrogens (tertiary/aromatic N) is 3. The lowest BCUT2D eigenvalue weighted by Crippen LogP contribution is -2.52. The van der Waals surface area contributed by atoms with Gasteiger partial charge in [0.25, 0.3) is 0 Å². The Kier molecular flexibility index (Phi) is 5.68. The van der Waals surface area contributed by atoms with Gasteiger partial charge in [0, 0.05) is 19.6 Å². The van der Waals surface area contributed by atoms with E-state index < -0.39 is 35.0 Å². The second-order valence-corrected chi connectivity index (χ2v) is 7.14. The molecule has 1 saturated heterocycles. The molecule has 0 radical (unpaired) electrons. The maximum absolute atomic E-state index is 13.4. The fraction of sp³-hybridized carbons (Fsp3) is 0.500. The molecule has 6 nitrogen and oxygen atoms in total. The van der Waals surface area contributed by atoms with Crippen LogP contribution >= 0.6 is 0 Å². The maximum atomic E-state index is 13.4. The van der Waals surface area contributed by atoms with Gasteiger partial charge in [-0.3, -0.25) is 9.69 Å². The molecule has 0 aliphatic carbocycles. The van der Waals surface area contributed by atoms with Gasteiger partial charge in [-0.05, 0) is 26.3 Å². The monoisotopic (exact) mass is 383 g/mol. The number of amides is 2. The van der Waals surface area contributed by atoms with Crippen LogP contribution in [0, 0.1) is 6.57 Å². The third kappa shape index (κ3) is 5.12. The molecule has 0 unspecified atom stereocenters. The van der Waals surface area contributed by atoms with E-state index in [1.165, 1.54) is 21.9 Å². The molecule has 1 aromatic rings. The molecule has 2 amide bonds. The number of carbonyl (C=O) groups is 2. The highest BCUT2D eigenvalue weighted by molar-refractivity contribution is 5.83. The summed E-state index contributed by atoms with van der Waals surface area (Å²) in [5.41, 5.74) is -2.38. The number of rotatable bonds is 2. The van der Waals surface area contributed by atoms with Crippen LogP contribution in [0.3, 0.4) is 0 Å². The van der Waals surface area contributed by atoms with E-state index >= 15 is 0 Å². The molecule has 2 rings (SSSR count). The van der Waals surface area contributed by atoms with Crippen LogP contribution in [0.25, 0.3) is 4.85 Å². The second-order valence-electron chi connectivity index (χ2n) is 7.14. The number of hydrogen-bond donors (Lipinski definition) is 0. The summed E-state index contributed by atoms with van der Waals surface area (Å²) in [5.74, 6) is -0.478. The molecule has 9 heteroatoms. The lowest BCUT2D eigenvalue weighted by molar-refractivity contribution is -0.140. The molecular formula is C18H20F3N3O3. The van der Waals surface area contributed by atoms with Gasteiger partial charge in [0.1, 0.15) is 12.1 Å². The Balaban J connectivity index is 2.14. The molecule has 0 bridgehead atoms. The summed E-state index contributed by atoms with van der Waals surface area (Å²) in [5, 5.41) is 0. The van der Waals surface area contributed by atoms with E-state index in [0.717, 1.165) is 6.07 Å². The van der Waals surface area contributed by atoms with Crippen molar-refractivity contribution in [3.63, 3.8) is 0 Å². The van der Waals surface area contributed by atoms with E-state index in [4.69, 9.17) is 11.3 Å². The van der Waals surface area contributed by atoms with Gasteiger partial charge in [0.15, 0.2) is 5.69 Å². The van der Waals surface area contributed by atoms with Gasteiger partial charge in [-0.2, -0.15) is 13.2 Å². The van der Waals surface area contributed by atoms with Crippen molar-refractivity contribution < 1.29 is 27.5 Å². The molecule has 27 heavy (non-hydrogen) atoms. The molecule has 0 aromatic heterocycles. The highest BCUT2D eigenvalue weighted by Crippen LogP contribution is 2.39. The molecule has 1 fully saturated rings. The Morgan fingerprint density at radius 2 is 1.93 bits per heavy atom. The normalized spacial score (nSPS) is 15.5.